The summed E-state index contributed by atoms with van der Waals surface area (Å²) in [4.78, 5) is 14.7. The van der Waals surface area contributed by atoms with E-state index in [1.54, 1.807) is 0 Å². The minimum Gasteiger partial charge on any atom is -0.377 e. The first kappa shape index (κ1) is 14.6. The van der Waals surface area contributed by atoms with Crippen LogP contribution in [0.15, 0.2) is 12.3 Å². The van der Waals surface area contributed by atoms with E-state index in [-0.39, 0.29) is 18.0 Å². The van der Waals surface area contributed by atoms with Crippen molar-refractivity contribution in [3.8, 4) is 0 Å². The molecule has 1 aliphatic heterocycles. The number of rotatable bonds is 4. The van der Waals surface area contributed by atoms with Gasteiger partial charge in [-0.15, -0.1) is 0 Å². The van der Waals surface area contributed by atoms with Gasteiger partial charge in [-0.1, -0.05) is 19.3 Å². The maximum absolute atomic E-state index is 12.7. The molecule has 1 aliphatic carbocycles. The monoisotopic (exact) mass is 291 g/mol. The smallest absolute Gasteiger partial charge is 0.274 e. The Balaban J connectivity index is 1.70. The third-order valence-electron chi connectivity index (χ3n) is 4.68. The Hall–Kier alpha value is -1.36. The Kier molecular flexibility index (Phi) is 4.29. The van der Waals surface area contributed by atoms with Crippen molar-refractivity contribution in [2.45, 2.75) is 51.6 Å². The fourth-order valence-electron chi connectivity index (χ4n) is 3.12. The van der Waals surface area contributed by atoms with Crippen molar-refractivity contribution in [3.05, 3.63) is 18.0 Å². The quantitative estimate of drug-likeness (QED) is 0.856. The summed E-state index contributed by atoms with van der Waals surface area (Å²) in [5, 5.41) is 4.42. The number of morpholine rings is 1. The molecule has 21 heavy (non-hydrogen) atoms. The second-order valence-electron chi connectivity index (χ2n) is 6.53. The van der Waals surface area contributed by atoms with Crippen LogP contribution in [0.5, 0.6) is 0 Å². The van der Waals surface area contributed by atoms with Crippen LogP contribution >= 0.6 is 0 Å². The standard InChI is InChI=1S/C16H25N3O2/c1-12(2)19-7-6-15(17-19)16(20)18-8-9-21-11-14(18)10-13-4-3-5-13/h6-7,12-14H,3-5,8-11H2,1-2H3. The van der Waals surface area contributed by atoms with Gasteiger partial charge >= 0.3 is 0 Å². The lowest BCUT2D eigenvalue weighted by Crippen LogP contribution is -2.50. The Bertz CT molecular complexity index is 493. The van der Waals surface area contributed by atoms with Crippen LogP contribution in [0.25, 0.3) is 0 Å². The number of aromatic nitrogens is 2. The highest BCUT2D eigenvalue weighted by Gasteiger charge is 2.32. The number of carbonyl (C=O) groups is 1. The van der Waals surface area contributed by atoms with Crippen molar-refractivity contribution in [2.75, 3.05) is 19.8 Å². The Morgan fingerprint density at radius 3 is 2.90 bits per heavy atom. The lowest BCUT2D eigenvalue weighted by molar-refractivity contribution is -0.0127. The molecule has 5 heteroatoms. The van der Waals surface area contributed by atoms with Gasteiger partial charge in [-0.05, 0) is 32.3 Å². The van der Waals surface area contributed by atoms with Crippen LogP contribution in [0.1, 0.15) is 56.1 Å². The molecule has 1 aromatic rings. The summed E-state index contributed by atoms with van der Waals surface area (Å²) in [6, 6.07) is 2.33. The van der Waals surface area contributed by atoms with E-state index >= 15 is 0 Å². The van der Waals surface area contributed by atoms with E-state index in [2.05, 4.69) is 18.9 Å². The molecule has 0 N–H and O–H groups in total. The summed E-state index contributed by atoms with van der Waals surface area (Å²) in [6.45, 7) is 6.13. The average Bonchev–Trinajstić information content (AvgIpc) is 2.92. The lowest BCUT2D eigenvalue weighted by atomic mass is 9.80. The molecule has 1 atom stereocenters. The van der Waals surface area contributed by atoms with Crippen molar-refractivity contribution in [1.82, 2.24) is 14.7 Å². The topological polar surface area (TPSA) is 47.4 Å². The first-order valence-corrected chi connectivity index (χ1v) is 8.09. The van der Waals surface area contributed by atoms with E-state index < -0.39 is 0 Å². The van der Waals surface area contributed by atoms with Crippen molar-refractivity contribution in [1.29, 1.82) is 0 Å². The number of carbonyl (C=O) groups excluding carboxylic acids is 1. The molecule has 116 valence electrons. The van der Waals surface area contributed by atoms with Crippen LogP contribution in [0, 0.1) is 5.92 Å². The molecule has 1 amide bonds. The third kappa shape index (κ3) is 3.12. The van der Waals surface area contributed by atoms with Crippen LogP contribution < -0.4 is 0 Å². The molecule has 0 radical (unpaired) electrons. The van der Waals surface area contributed by atoms with Crippen molar-refractivity contribution < 1.29 is 9.53 Å². The minimum absolute atomic E-state index is 0.0574. The lowest BCUT2D eigenvalue weighted by Gasteiger charge is -2.39. The number of nitrogens with zero attached hydrogens (tertiary/aromatic N) is 3. The predicted octanol–water partition coefficient (Wildman–Crippen LogP) is 2.50. The molecule has 2 heterocycles. The molecule has 5 nitrogen and oxygen atoms in total. The van der Waals surface area contributed by atoms with E-state index in [9.17, 15) is 4.79 Å². The highest BCUT2D eigenvalue weighted by atomic mass is 16.5. The zero-order chi connectivity index (χ0) is 14.8. The number of hydrogen-bond acceptors (Lipinski definition) is 3. The van der Waals surface area contributed by atoms with Crippen molar-refractivity contribution >= 4 is 5.91 Å². The fraction of sp³-hybridized carbons (Fsp3) is 0.750. The zero-order valence-corrected chi connectivity index (χ0v) is 13.0. The molecule has 1 saturated carbocycles. The zero-order valence-electron chi connectivity index (χ0n) is 13.0. The van der Waals surface area contributed by atoms with E-state index in [0.717, 1.165) is 12.3 Å². The van der Waals surface area contributed by atoms with Gasteiger partial charge < -0.3 is 9.64 Å². The van der Waals surface area contributed by atoms with Gasteiger partial charge in [-0.25, -0.2) is 0 Å². The molecular formula is C16H25N3O2. The van der Waals surface area contributed by atoms with Crippen LogP contribution in [0.3, 0.4) is 0 Å². The summed E-state index contributed by atoms with van der Waals surface area (Å²) < 4.78 is 7.43. The molecule has 3 rings (SSSR count). The second kappa shape index (κ2) is 6.18. The van der Waals surface area contributed by atoms with E-state index in [1.807, 2.05) is 21.8 Å². The average molecular weight is 291 g/mol. The van der Waals surface area contributed by atoms with Crippen molar-refractivity contribution in [3.63, 3.8) is 0 Å². The highest BCUT2D eigenvalue weighted by molar-refractivity contribution is 5.92. The summed E-state index contributed by atoms with van der Waals surface area (Å²) in [5.41, 5.74) is 0.559. The van der Waals surface area contributed by atoms with Gasteiger partial charge in [0.05, 0.1) is 19.3 Å². The maximum Gasteiger partial charge on any atom is 0.274 e. The summed E-state index contributed by atoms with van der Waals surface area (Å²) in [6.07, 6.45) is 6.92. The Morgan fingerprint density at radius 1 is 1.48 bits per heavy atom. The molecule has 0 aromatic carbocycles. The van der Waals surface area contributed by atoms with Gasteiger partial charge in [-0.3, -0.25) is 9.48 Å². The first-order valence-electron chi connectivity index (χ1n) is 8.09. The van der Waals surface area contributed by atoms with Crippen molar-refractivity contribution in [2.24, 2.45) is 5.92 Å². The van der Waals surface area contributed by atoms with Gasteiger partial charge in [0.1, 0.15) is 5.69 Å². The largest absolute Gasteiger partial charge is 0.377 e. The Morgan fingerprint density at radius 2 is 2.29 bits per heavy atom. The maximum atomic E-state index is 12.7. The third-order valence-corrected chi connectivity index (χ3v) is 4.68. The van der Waals surface area contributed by atoms with Gasteiger partial charge in [0.2, 0.25) is 0 Å². The van der Waals surface area contributed by atoms with Crippen LogP contribution in [0.4, 0.5) is 0 Å². The molecule has 1 unspecified atom stereocenters. The number of ether oxygens (including phenoxy) is 1. The van der Waals surface area contributed by atoms with Crippen LogP contribution in [0.2, 0.25) is 0 Å². The number of amides is 1. The molecular weight excluding hydrogens is 266 g/mol. The van der Waals surface area contributed by atoms with E-state index in [4.69, 9.17) is 4.74 Å². The molecule has 1 aromatic heterocycles. The number of hydrogen-bond donors (Lipinski definition) is 0. The SMILES string of the molecule is CC(C)n1ccc(C(=O)N2CCOCC2CC2CCC2)n1. The summed E-state index contributed by atoms with van der Waals surface area (Å²) in [7, 11) is 0. The fourth-order valence-corrected chi connectivity index (χ4v) is 3.12. The van der Waals surface area contributed by atoms with E-state index in [0.29, 0.717) is 25.5 Å². The van der Waals surface area contributed by atoms with Gasteiger partial charge in [-0.2, -0.15) is 5.10 Å². The van der Waals surface area contributed by atoms with Crippen LogP contribution in [-0.4, -0.2) is 46.4 Å². The van der Waals surface area contributed by atoms with Gasteiger partial charge in [0.25, 0.3) is 5.91 Å². The molecule has 0 spiro atoms. The normalized spacial score (nSPS) is 23.4. The predicted molar refractivity (Wildman–Crippen MR) is 80.2 cm³/mol. The molecule has 1 saturated heterocycles. The minimum atomic E-state index is 0.0574. The summed E-state index contributed by atoms with van der Waals surface area (Å²) in [5.74, 6) is 0.835. The van der Waals surface area contributed by atoms with Crippen LogP contribution in [-0.2, 0) is 4.74 Å². The molecule has 2 aliphatic rings. The second-order valence-corrected chi connectivity index (χ2v) is 6.53. The van der Waals surface area contributed by atoms with E-state index in [1.165, 1.54) is 19.3 Å². The van der Waals surface area contributed by atoms with Gasteiger partial charge in [0, 0.05) is 18.8 Å². The molecule has 0 bridgehead atoms. The summed E-state index contributed by atoms with van der Waals surface area (Å²) >= 11 is 0. The molecule has 2 fully saturated rings. The first-order chi connectivity index (χ1) is 10.1. The Labute approximate surface area is 126 Å². The van der Waals surface area contributed by atoms with Gasteiger partial charge in [0.15, 0.2) is 0 Å². The highest BCUT2D eigenvalue weighted by Crippen LogP contribution is 2.32.